The van der Waals surface area contributed by atoms with Crippen molar-refractivity contribution < 1.29 is 4.79 Å². The average molecular weight is 247 g/mol. The third-order valence-corrected chi connectivity index (χ3v) is 3.39. The molecule has 1 amide bonds. The van der Waals surface area contributed by atoms with E-state index in [1.165, 1.54) is 11.3 Å². The van der Waals surface area contributed by atoms with E-state index in [-0.39, 0.29) is 5.91 Å². The van der Waals surface area contributed by atoms with Gasteiger partial charge in [-0.3, -0.25) is 4.79 Å². The topological polar surface area (TPSA) is 32.3 Å². The molecule has 0 aliphatic heterocycles. The second-order valence-electron chi connectivity index (χ2n) is 3.24. The maximum absolute atomic E-state index is 11.7. The van der Waals surface area contributed by atoms with Gasteiger partial charge in [-0.15, -0.1) is 11.3 Å². The summed E-state index contributed by atoms with van der Waals surface area (Å²) in [6.07, 6.45) is 1.42. The summed E-state index contributed by atoms with van der Waals surface area (Å²) in [6, 6.07) is 3.67. The van der Waals surface area contributed by atoms with Crippen LogP contribution in [0.1, 0.15) is 12.8 Å². The van der Waals surface area contributed by atoms with Crippen LogP contribution in [0.25, 0.3) is 0 Å². The van der Waals surface area contributed by atoms with Crippen LogP contribution in [-0.2, 0) is 4.79 Å². The van der Waals surface area contributed by atoms with Crippen LogP contribution in [-0.4, -0.2) is 26.5 Å². The Bertz CT molecular complexity index is 327. The van der Waals surface area contributed by atoms with Gasteiger partial charge in [0.05, 0.1) is 9.34 Å². The molecular formula is C10H15ClN2OS. The zero-order chi connectivity index (χ0) is 11.3. The van der Waals surface area contributed by atoms with Crippen molar-refractivity contribution in [2.24, 2.45) is 0 Å². The van der Waals surface area contributed by atoms with Crippen molar-refractivity contribution in [3.05, 3.63) is 16.5 Å². The van der Waals surface area contributed by atoms with Gasteiger partial charge in [0.15, 0.2) is 0 Å². The molecule has 3 nitrogen and oxygen atoms in total. The highest BCUT2D eigenvalue weighted by Crippen LogP contribution is 2.29. The van der Waals surface area contributed by atoms with Gasteiger partial charge in [-0.05, 0) is 32.1 Å². The van der Waals surface area contributed by atoms with E-state index in [0.29, 0.717) is 10.8 Å². The van der Waals surface area contributed by atoms with E-state index in [0.717, 1.165) is 18.0 Å². The van der Waals surface area contributed by atoms with E-state index >= 15 is 0 Å². The van der Waals surface area contributed by atoms with E-state index in [1.54, 1.807) is 18.0 Å². The van der Waals surface area contributed by atoms with Gasteiger partial charge in [0.2, 0.25) is 5.91 Å². The second kappa shape index (κ2) is 6.10. The summed E-state index contributed by atoms with van der Waals surface area (Å²) in [5.74, 6) is 0.128. The summed E-state index contributed by atoms with van der Waals surface area (Å²) in [5.41, 5.74) is 0. The zero-order valence-corrected chi connectivity index (χ0v) is 10.5. The standard InChI is InChI=1S/C10H15ClN2OS/c1-12-7-3-4-9(14)13(2)10-6-5-8(11)15-10/h5-6,12H,3-4,7H2,1-2H3. The molecule has 0 bridgehead atoms. The van der Waals surface area contributed by atoms with Gasteiger partial charge in [0.1, 0.15) is 0 Å². The summed E-state index contributed by atoms with van der Waals surface area (Å²) in [6.45, 7) is 0.866. The van der Waals surface area contributed by atoms with Crippen molar-refractivity contribution >= 4 is 33.8 Å². The molecule has 0 fully saturated rings. The third-order valence-electron chi connectivity index (χ3n) is 2.08. The fraction of sp³-hybridized carbons (Fsp3) is 0.500. The summed E-state index contributed by atoms with van der Waals surface area (Å²) >= 11 is 7.22. The number of nitrogens with one attached hydrogen (secondary N) is 1. The minimum Gasteiger partial charge on any atom is -0.320 e. The first-order valence-corrected chi connectivity index (χ1v) is 6.01. The van der Waals surface area contributed by atoms with Crippen LogP contribution in [0.5, 0.6) is 0 Å². The number of thiophene rings is 1. The smallest absolute Gasteiger partial charge is 0.227 e. The number of anilines is 1. The molecule has 0 atom stereocenters. The molecule has 0 spiro atoms. The van der Waals surface area contributed by atoms with E-state index < -0.39 is 0 Å². The lowest BCUT2D eigenvalue weighted by Crippen LogP contribution is -2.25. The maximum Gasteiger partial charge on any atom is 0.227 e. The van der Waals surface area contributed by atoms with Crippen LogP contribution >= 0.6 is 22.9 Å². The van der Waals surface area contributed by atoms with Crippen molar-refractivity contribution in [3.63, 3.8) is 0 Å². The van der Waals surface area contributed by atoms with Gasteiger partial charge in [0.25, 0.3) is 0 Å². The van der Waals surface area contributed by atoms with Crippen molar-refractivity contribution in [1.29, 1.82) is 0 Å². The molecule has 1 heterocycles. The molecule has 0 unspecified atom stereocenters. The minimum absolute atomic E-state index is 0.128. The molecule has 1 aromatic heterocycles. The number of nitrogens with zero attached hydrogens (tertiary/aromatic N) is 1. The fourth-order valence-corrected chi connectivity index (χ4v) is 2.20. The number of carbonyl (C=O) groups is 1. The molecule has 0 saturated heterocycles. The average Bonchev–Trinajstić information content (AvgIpc) is 2.64. The van der Waals surface area contributed by atoms with E-state index in [1.807, 2.05) is 13.1 Å². The molecule has 0 aliphatic rings. The van der Waals surface area contributed by atoms with Gasteiger partial charge in [-0.1, -0.05) is 11.6 Å². The molecule has 0 saturated carbocycles. The summed E-state index contributed by atoms with van der Waals surface area (Å²) in [4.78, 5) is 13.3. The maximum atomic E-state index is 11.7. The zero-order valence-electron chi connectivity index (χ0n) is 8.92. The normalized spacial score (nSPS) is 10.3. The third kappa shape index (κ3) is 3.81. The molecule has 84 valence electrons. The minimum atomic E-state index is 0.128. The molecule has 0 radical (unpaired) electrons. The van der Waals surface area contributed by atoms with Gasteiger partial charge in [-0.25, -0.2) is 0 Å². The molecule has 1 N–H and O–H groups in total. The van der Waals surface area contributed by atoms with Gasteiger partial charge in [-0.2, -0.15) is 0 Å². The largest absolute Gasteiger partial charge is 0.320 e. The Morgan fingerprint density at radius 2 is 2.33 bits per heavy atom. The van der Waals surface area contributed by atoms with Crippen molar-refractivity contribution in [3.8, 4) is 0 Å². The number of amides is 1. The number of halogens is 1. The molecule has 1 rings (SSSR count). The van der Waals surface area contributed by atoms with Crippen LogP contribution in [0.3, 0.4) is 0 Å². The van der Waals surface area contributed by atoms with E-state index in [4.69, 9.17) is 11.6 Å². The summed E-state index contributed by atoms with van der Waals surface area (Å²) in [5, 5.41) is 3.91. The van der Waals surface area contributed by atoms with Crippen molar-refractivity contribution in [1.82, 2.24) is 5.32 Å². The van der Waals surface area contributed by atoms with Crippen molar-refractivity contribution in [2.75, 3.05) is 25.5 Å². The van der Waals surface area contributed by atoms with Crippen LogP contribution in [0.15, 0.2) is 12.1 Å². The first-order valence-electron chi connectivity index (χ1n) is 4.81. The van der Waals surface area contributed by atoms with Crippen molar-refractivity contribution in [2.45, 2.75) is 12.8 Å². The molecule has 0 aromatic carbocycles. The monoisotopic (exact) mass is 246 g/mol. The fourth-order valence-electron chi connectivity index (χ4n) is 1.19. The highest BCUT2D eigenvalue weighted by atomic mass is 35.5. The molecular weight excluding hydrogens is 232 g/mol. The molecule has 5 heteroatoms. The lowest BCUT2D eigenvalue weighted by molar-refractivity contribution is -0.118. The lowest BCUT2D eigenvalue weighted by atomic mass is 10.3. The van der Waals surface area contributed by atoms with E-state index in [2.05, 4.69) is 5.32 Å². The Kier molecular flexibility index (Phi) is 5.08. The Morgan fingerprint density at radius 1 is 1.60 bits per heavy atom. The van der Waals surface area contributed by atoms with Gasteiger partial charge < -0.3 is 10.2 Å². The lowest BCUT2D eigenvalue weighted by Gasteiger charge is -2.14. The van der Waals surface area contributed by atoms with Crippen LogP contribution in [0.2, 0.25) is 4.34 Å². The first-order chi connectivity index (χ1) is 7.15. The molecule has 15 heavy (non-hydrogen) atoms. The first kappa shape index (κ1) is 12.5. The van der Waals surface area contributed by atoms with Crippen LogP contribution in [0.4, 0.5) is 5.00 Å². The predicted molar refractivity (Wildman–Crippen MR) is 65.9 cm³/mol. The number of rotatable bonds is 5. The number of carbonyl (C=O) groups excluding carboxylic acids is 1. The highest BCUT2D eigenvalue weighted by molar-refractivity contribution is 7.20. The number of hydrogen-bond acceptors (Lipinski definition) is 3. The summed E-state index contributed by atoms with van der Waals surface area (Å²) in [7, 11) is 3.66. The number of hydrogen-bond donors (Lipinski definition) is 1. The quantitative estimate of drug-likeness (QED) is 0.809. The molecule has 1 aromatic rings. The van der Waals surface area contributed by atoms with Gasteiger partial charge >= 0.3 is 0 Å². The Balaban J connectivity index is 2.46. The van der Waals surface area contributed by atoms with Crippen LogP contribution in [0, 0.1) is 0 Å². The second-order valence-corrected chi connectivity index (χ2v) is 4.93. The predicted octanol–water partition coefficient (Wildman–Crippen LogP) is 2.36. The Hall–Kier alpha value is -0.580. The highest BCUT2D eigenvalue weighted by Gasteiger charge is 2.11. The Morgan fingerprint density at radius 3 is 2.87 bits per heavy atom. The Labute approximate surface area is 99.0 Å². The van der Waals surface area contributed by atoms with Gasteiger partial charge in [0, 0.05) is 13.5 Å². The van der Waals surface area contributed by atoms with Crippen LogP contribution < -0.4 is 10.2 Å². The molecule has 0 aliphatic carbocycles. The van der Waals surface area contributed by atoms with E-state index in [9.17, 15) is 4.79 Å². The summed E-state index contributed by atoms with van der Waals surface area (Å²) < 4.78 is 0.708. The SMILES string of the molecule is CNCCCC(=O)N(C)c1ccc(Cl)s1.